The van der Waals surface area contributed by atoms with E-state index in [9.17, 15) is 21.6 Å². The van der Waals surface area contributed by atoms with Gasteiger partial charge in [0.15, 0.2) is 5.82 Å². The Morgan fingerprint density at radius 3 is 2.31 bits per heavy atom. The highest BCUT2D eigenvalue weighted by molar-refractivity contribution is 7.89. The van der Waals surface area contributed by atoms with Crippen molar-refractivity contribution in [1.82, 2.24) is 19.7 Å². The average molecular weight is 431 g/mol. The van der Waals surface area contributed by atoms with E-state index in [2.05, 4.69) is 19.7 Å². The largest absolute Gasteiger partial charge is 0.467 e. The molecule has 12 heteroatoms. The summed E-state index contributed by atoms with van der Waals surface area (Å²) in [7, 11) is -2.66. The number of nitrogens with zero attached hydrogens (tertiary/aromatic N) is 4. The van der Waals surface area contributed by atoms with Crippen LogP contribution in [0.15, 0.2) is 29.2 Å². The number of anilines is 1. The van der Waals surface area contributed by atoms with Crippen molar-refractivity contribution < 1.29 is 26.3 Å². The third-order valence-electron chi connectivity index (χ3n) is 4.38. The molecule has 1 aliphatic heterocycles. The van der Waals surface area contributed by atoms with Gasteiger partial charge in [-0.2, -0.15) is 28.1 Å². The SMILES string of the molecule is COc1nc(CNS(=O)(=O)c2ccc(C(F)(F)F)cc2)nc(N2CCCCC2)n1. The first kappa shape index (κ1) is 21.2. The second-order valence-electron chi connectivity index (χ2n) is 6.43. The normalized spacial score (nSPS) is 15.4. The van der Waals surface area contributed by atoms with Gasteiger partial charge in [0.1, 0.15) is 0 Å². The molecule has 0 amide bonds. The summed E-state index contributed by atoms with van der Waals surface area (Å²) in [6, 6.07) is 3.30. The number of hydrogen-bond acceptors (Lipinski definition) is 7. The molecule has 0 bridgehead atoms. The molecular formula is C17H20F3N5O3S. The third kappa shape index (κ3) is 5.32. The number of piperidine rings is 1. The molecule has 8 nitrogen and oxygen atoms in total. The van der Waals surface area contributed by atoms with Crippen LogP contribution >= 0.6 is 0 Å². The molecule has 2 heterocycles. The van der Waals surface area contributed by atoms with E-state index in [1.165, 1.54) is 7.11 Å². The Bertz CT molecular complexity index is 946. The lowest BCUT2D eigenvalue weighted by Gasteiger charge is -2.26. The van der Waals surface area contributed by atoms with Crippen molar-refractivity contribution in [2.24, 2.45) is 0 Å². The van der Waals surface area contributed by atoms with Gasteiger partial charge >= 0.3 is 12.2 Å². The Balaban J connectivity index is 1.75. The Labute approximate surface area is 166 Å². The predicted molar refractivity (Wildman–Crippen MR) is 97.9 cm³/mol. The van der Waals surface area contributed by atoms with E-state index in [1.54, 1.807) is 0 Å². The molecule has 1 fully saturated rings. The second-order valence-corrected chi connectivity index (χ2v) is 8.20. The molecule has 0 atom stereocenters. The summed E-state index contributed by atoms with van der Waals surface area (Å²) >= 11 is 0. The topological polar surface area (TPSA) is 97.3 Å². The molecule has 1 aromatic heterocycles. The predicted octanol–water partition coefficient (Wildman–Crippen LogP) is 2.37. The number of sulfonamides is 1. The molecule has 29 heavy (non-hydrogen) atoms. The van der Waals surface area contributed by atoms with Crippen LogP contribution in [0, 0.1) is 0 Å². The Morgan fingerprint density at radius 2 is 1.72 bits per heavy atom. The number of methoxy groups -OCH3 is 1. The fourth-order valence-corrected chi connectivity index (χ4v) is 3.84. The monoisotopic (exact) mass is 431 g/mol. The van der Waals surface area contributed by atoms with Crippen molar-refractivity contribution in [3.05, 3.63) is 35.7 Å². The van der Waals surface area contributed by atoms with Gasteiger partial charge in [0.2, 0.25) is 16.0 Å². The maximum atomic E-state index is 12.6. The average Bonchev–Trinajstić information content (AvgIpc) is 2.72. The van der Waals surface area contributed by atoms with Gasteiger partial charge in [-0.3, -0.25) is 0 Å². The van der Waals surface area contributed by atoms with Gasteiger partial charge in [0.25, 0.3) is 0 Å². The summed E-state index contributed by atoms with van der Waals surface area (Å²) in [6.45, 7) is 1.30. The van der Waals surface area contributed by atoms with Crippen LogP contribution in [0.5, 0.6) is 6.01 Å². The van der Waals surface area contributed by atoms with Crippen LogP contribution in [0.1, 0.15) is 30.7 Å². The van der Waals surface area contributed by atoms with Gasteiger partial charge in [-0.1, -0.05) is 0 Å². The Hall–Kier alpha value is -2.47. The molecule has 1 saturated heterocycles. The fraction of sp³-hybridized carbons (Fsp3) is 0.471. The van der Waals surface area contributed by atoms with Gasteiger partial charge < -0.3 is 9.64 Å². The zero-order chi connectivity index (χ0) is 21.1. The number of aromatic nitrogens is 3. The third-order valence-corrected chi connectivity index (χ3v) is 5.80. The van der Waals surface area contributed by atoms with Crippen molar-refractivity contribution in [3.63, 3.8) is 0 Å². The number of rotatable bonds is 6. The highest BCUT2D eigenvalue weighted by atomic mass is 32.2. The molecule has 0 unspecified atom stereocenters. The first-order chi connectivity index (χ1) is 13.7. The maximum Gasteiger partial charge on any atom is 0.416 e. The first-order valence-electron chi connectivity index (χ1n) is 8.90. The molecule has 2 aromatic rings. The van der Waals surface area contributed by atoms with E-state index in [0.29, 0.717) is 5.95 Å². The van der Waals surface area contributed by atoms with Crippen LogP contribution in [-0.2, 0) is 22.7 Å². The van der Waals surface area contributed by atoms with E-state index in [4.69, 9.17) is 4.74 Å². The second kappa shape index (κ2) is 8.49. The molecular weight excluding hydrogens is 411 g/mol. The molecule has 1 aromatic carbocycles. The zero-order valence-electron chi connectivity index (χ0n) is 15.6. The molecule has 0 spiro atoms. The molecule has 3 rings (SSSR count). The van der Waals surface area contributed by atoms with Crippen molar-refractivity contribution in [2.75, 3.05) is 25.1 Å². The fourth-order valence-electron chi connectivity index (χ4n) is 2.86. The number of nitrogens with one attached hydrogen (secondary N) is 1. The van der Waals surface area contributed by atoms with E-state index in [-0.39, 0.29) is 23.3 Å². The van der Waals surface area contributed by atoms with Crippen molar-refractivity contribution >= 4 is 16.0 Å². The smallest absolute Gasteiger partial charge is 0.416 e. The van der Waals surface area contributed by atoms with Crippen molar-refractivity contribution in [3.8, 4) is 6.01 Å². The van der Waals surface area contributed by atoms with Gasteiger partial charge in [-0.25, -0.2) is 13.1 Å². The van der Waals surface area contributed by atoms with Crippen LogP contribution < -0.4 is 14.4 Å². The number of halogens is 3. The van der Waals surface area contributed by atoms with E-state index in [1.807, 2.05) is 4.90 Å². The summed E-state index contributed by atoms with van der Waals surface area (Å²) in [6.07, 6.45) is -1.41. The molecule has 0 saturated carbocycles. The van der Waals surface area contributed by atoms with Crippen molar-refractivity contribution in [2.45, 2.75) is 36.9 Å². The minimum atomic E-state index is -4.54. The molecule has 0 aliphatic carbocycles. The summed E-state index contributed by atoms with van der Waals surface area (Å²) in [5.74, 6) is 0.549. The summed E-state index contributed by atoms with van der Waals surface area (Å²) < 4.78 is 70.1. The van der Waals surface area contributed by atoms with Gasteiger partial charge in [-0.15, -0.1) is 0 Å². The number of hydrogen-bond donors (Lipinski definition) is 1. The lowest BCUT2D eigenvalue weighted by Crippen LogP contribution is -2.32. The van der Waals surface area contributed by atoms with Crippen LogP contribution in [0.2, 0.25) is 0 Å². The zero-order valence-corrected chi connectivity index (χ0v) is 16.4. The first-order valence-corrected chi connectivity index (χ1v) is 10.4. The van der Waals surface area contributed by atoms with E-state index < -0.39 is 21.8 Å². The van der Waals surface area contributed by atoms with Crippen molar-refractivity contribution in [1.29, 1.82) is 0 Å². The van der Waals surface area contributed by atoms with Crippen LogP contribution in [0.25, 0.3) is 0 Å². The molecule has 158 valence electrons. The van der Waals surface area contributed by atoms with E-state index in [0.717, 1.165) is 56.6 Å². The van der Waals surface area contributed by atoms with Crippen LogP contribution in [0.3, 0.4) is 0 Å². The van der Waals surface area contributed by atoms with E-state index >= 15 is 0 Å². The molecule has 0 radical (unpaired) electrons. The maximum absolute atomic E-state index is 12.6. The lowest BCUT2D eigenvalue weighted by molar-refractivity contribution is -0.137. The Kier molecular flexibility index (Phi) is 6.22. The standard InChI is InChI=1S/C17H20F3N5O3S/c1-28-16-23-14(22-15(24-16)25-9-3-2-4-10-25)11-21-29(26,27)13-7-5-12(6-8-13)17(18,19)20/h5-8,21H,2-4,9-11H2,1H3. The Morgan fingerprint density at radius 1 is 1.07 bits per heavy atom. The highest BCUT2D eigenvalue weighted by Gasteiger charge is 2.30. The molecule has 1 aliphatic rings. The van der Waals surface area contributed by atoms with Gasteiger partial charge in [-0.05, 0) is 43.5 Å². The van der Waals surface area contributed by atoms with Gasteiger partial charge in [0, 0.05) is 13.1 Å². The number of benzene rings is 1. The minimum Gasteiger partial charge on any atom is -0.467 e. The molecule has 1 N–H and O–H groups in total. The van der Waals surface area contributed by atoms with Gasteiger partial charge in [0.05, 0.1) is 24.1 Å². The van der Waals surface area contributed by atoms with Crippen LogP contribution in [-0.4, -0.2) is 43.6 Å². The summed E-state index contributed by atoms with van der Waals surface area (Å²) in [4.78, 5) is 14.2. The summed E-state index contributed by atoms with van der Waals surface area (Å²) in [5, 5.41) is 0. The number of alkyl halides is 3. The lowest BCUT2D eigenvalue weighted by atomic mass is 10.1. The number of ether oxygens (including phenoxy) is 1. The quantitative estimate of drug-likeness (QED) is 0.750. The minimum absolute atomic E-state index is 0.0595. The van der Waals surface area contributed by atoms with Crippen LogP contribution in [0.4, 0.5) is 19.1 Å². The highest BCUT2D eigenvalue weighted by Crippen LogP contribution is 2.29. The summed E-state index contributed by atoms with van der Waals surface area (Å²) in [5.41, 5.74) is -0.926.